The van der Waals surface area contributed by atoms with E-state index in [0.717, 1.165) is 5.57 Å². The monoisotopic (exact) mass is 357 g/mol. The van der Waals surface area contributed by atoms with Gasteiger partial charge in [0.2, 0.25) is 0 Å². The molecule has 0 fully saturated rings. The number of aromatic carboxylic acids is 1. The molecule has 0 unspecified atom stereocenters. The average molecular weight is 357 g/mol. The number of hydrogen-bond acceptors (Lipinski definition) is 4. The molecule has 1 aromatic carbocycles. The van der Waals surface area contributed by atoms with E-state index in [1.165, 1.54) is 11.0 Å². The summed E-state index contributed by atoms with van der Waals surface area (Å²) in [5, 5.41) is 9.08. The van der Waals surface area contributed by atoms with Gasteiger partial charge in [-0.1, -0.05) is 11.6 Å². The van der Waals surface area contributed by atoms with Gasteiger partial charge in [0.15, 0.2) is 0 Å². The zero-order chi connectivity index (χ0) is 19.3. The largest absolute Gasteiger partial charge is 0.490 e. The quantitative estimate of drug-likeness (QED) is 0.760. The van der Waals surface area contributed by atoms with Crippen LogP contribution in [-0.2, 0) is 6.54 Å². The van der Waals surface area contributed by atoms with Gasteiger partial charge >= 0.3 is 5.97 Å². The summed E-state index contributed by atoms with van der Waals surface area (Å²) in [6.07, 6.45) is 1.96. The highest BCUT2D eigenvalue weighted by atomic mass is 16.5. The number of benzene rings is 1. The van der Waals surface area contributed by atoms with Crippen molar-refractivity contribution in [3.05, 3.63) is 64.6 Å². The highest BCUT2D eigenvalue weighted by molar-refractivity contribution is 5.94. The molecule has 2 aromatic rings. The Morgan fingerprint density at radius 1 is 1.27 bits per heavy atom. The van der Waals surface area contributed by atoms with Crippen molar-refractivity contribution >= 4 is 11.9 Å². The van der Waals surface area contributed by atoms with Gasteiger partial charge in [0, 0.05) is 12.6 Å². The third-order valence-electron chi connectivity index (χ3n) is 3.76. The Labute approximate surface area is 152 Å². The maximum Gasteiger partial charge on any atom is 0.339 e. The number of carbonyl (C=O) groups excluding carboxylic acids is 1. The number of allylic oxidation sites excluding steroid dienone is 1. The fourth-order valence-corrected chi connectivity index (χ4v) is 2.38. The molecular weight excluding hydrogens is 334 g/mol. The molecule has 0 aliphatic heterocycles. The summed E-state index contributed by atoms with van der Waals surface area (Å²) in [4.78, 5) is 25.2. The zero-order valence-electron chi connectivity index (χ0n) is 15.4. The third kappa shape index (κ3) is 4.99. The van der Waals surface area contributed by atoms with Crippen LogP contribution in [0.4, 0.5) is 0 Å². The topological polar surface area (TPSA) is 80.0 Å². The highest BCUT2D eigenvalue weighted by Gasteiger charge is 2.18. The first kappa shape index (κ1) is 19.3. The van der Waals surface area contributed by atoms with Crippen molar-refractivity contribution in [1.29, 1.82) is 0 Å². The van der Waals surface area contributed by atoms with Gasteiger partial charge in [-0.3, -0.25) is 4.79 Å². The number of nitrogens with zero attached hydrogens (tertiary/aromatic N) is 1. The van der Waals surface area contributed by atoms with Crippen molar-refractivity contribution in [3.63, 3.8) is 0 Å². The van der Waals surface area contributed by atoms with Gasteiger partial charge in [-0.2, -0.15) is 0 Å². The van der Waals surface area contributed by atoms with Crippen molar-refractivity contribution in [2.24, 2.45) is 0 Å². The average Bonchev–Trinajstić information content (AvgIpc) is 2.94. The Morgan fingerprint density at radius 3 is 2.62 bits per heavy atom. The van der Waals surface area contributed by atoms with Crippen LogP contribution in [0.2, 0.25) is 0 Å². The number of carbonyl (C=O) groups is 2. The van der Waals surface area contributed by atoms with Crippen LogP contribution in [0.3, 0.4) is 0 Å². The number of furan rings is 1. The van der Waals surface area contributed by atoms with Crippen LogP contribution in [0.15, 0.2) is 46.4 Å². The van der Waals surface area contributed by atoms with Crippen molar-refractivity contribution in [2.75, 3.05) is 13.7 Å². The Bertz CT molecular complexity index is 830. The second kappa shape index (κ2) is 8.38. The molecule has 0 spiro atoms. The Balaban J connectivity index is 2.07. The van der Waals surface area contributed by atoms with E-state index in [4.69, 9.17) is 14.3 Å². The summed E-state index contributed by atoms with van der Waals surface area (Å²) in [7, 11) is 1.64. The van der Waals surface area contributed by atoms with Crippen LogP contribution in [0.5, 0.6) is 5.75 Å². The summed E-state index contributed by atoms with van der Waals surface area (Å²) >= 11 is 0. The number of carboxylic acids is 1. The van der Waals surface area contributed by atoms with Crippen molar-refractivity contribution < 1.29 is 23.8 Å². The minimum absolute atomic E-state index is 0.107. The molecule has 6 heteroatoms. The highest BCUT2D eigenvalue weighted by Crippen LogP contribution is 2.19. The fraction of sp³-hybridized carbons (Fsp3) is 0.300. The normalized spacial score (nSPS) is 10.3. The lowest BCUT2D eigenvalue weighted by molar-refractivity contribution is 0.0694. The molecule has 1 amide bonds. The van der Waals surface area contributed by atoms with Gasteiger partial charge in [-0.15, -0.1) is 0 Å². The fourth-order valence-electron chi connectivity index (χ4n) is 2.38. The summed E-state index contributed by atoms with van der Waals surface area (Å²) in [6.45, 7) is 6.19. The molecule has 2 rings (SSSR count). The lowest BCUT2D eigenvalue weighted by Gasteiger charge is -2.16. The maximum atomic E-state index is 12.6. The second-order valence-electron chi connectivity index (χ2n) is 6.27. The lowest BCUT2D eigenvalue weighted by atomic mass is 10.2. The van der Waals surface area contributed by atoms with Gasteiger partial charge in [-0.05, 0) is 51.1 Å². The first-order valence-corrected chi connectivity index (χ1v) is 8.22. The van der Waals surface area contributed by atoms with E-state index in [2.05, 4.69) is 0 Å². The van der Waals surface area contributed by atoms with Gasteiger partial charge in [0.05, 0.1) is 6.54 Å². The molecule has 1 N–H and O–H groups in total. The van der Waals surface area contributed by atoms with Gasteiger partial charge in [-0.25, -0.2) is 4.79 Å². The van der Waals surface area contributed by atoms with Crippen LogP contribution in [0.25, 0.3) is 0 Å². The summed E-state index contributed by atoms with van der Waals surface area (Å²) in [5.74, 6) is 0.106. The van der Waals surface area contributed by atoms with Crippen molar-refractivity contribution in [2.45, 2.75) is 27.3 Å². The van der Waals surface area contributed by atoms with Crippen LogP contribution >= 0.6 is 0 Å². The SMILES string of the molecule is CC(C)=CCOc1cccc(C(=O)N(C)Cc2cc(C(=O)O)c(C)o2)c1. The third-order valence-corrected chi connectivity index (χ3v) is 3.76. The molecule has 6 nitrogen and oxygen atoms in total. The molecule has 0 aliphatic carbocycles. The lowest BCUT2D eigenvalue weighted by Crippen LogP contribution is -2.26. The molecule has 1 heterocycles. The van der Waals surface area contributed by atoms with Crippen LogP contribution in [0, 0.1) is 6.92 Å². The second-order valence-corrected chi connectivity index (χ2v) is 6.27. The van der Waals surface area contributed by atoms with Crippen molar-refractivity contribution in [1.82, 2.24) is 4.90 Å². The molecule has 0 saturated carbocycles. The number of ether oxygens (including phenoxy) is 1. The Hall–Kier alpha value is -3.02. The summed E-state index contributed by atoms with van der Waals surface area (Å²) in [5.41, 5.74) is 1.76. The molecule has 0 radical (unpaired) electrons. The van der Waals surface area contributed by atoms with E-state index in [1.807, 2.05) is 19.9 Å². The van der Waals surface area contributed by atoms with E-state index < -0.39 is 5.97 Å². The smallest absolute Gasteiger partial charge is 0.339 e. The summed E-state index contributed by atoms with van der Waals surface area (Å²) < 4.78 is 11.0. The number of hydrogen-bond donors (Lipinski definition) is 1. The molecule has 0 aliphatic rings. The Kier molecular flexibility index (Phi) is 6.22. The molecule has 26 heavy (non-hydrogen) atoms. The van der Waals surface area contributed by atoms with E-state index in [1.54, 1.807) is 38.2 Å². The molecular formula is C20H23NO5. The predicted molar refractivity (Wildman–Crippen MR) is 97.6 cm³/mol. The predicted octanol–water partition coefficient (Wildman–Crippen LogP) is 3.90. The minimum atomic E-state index is -1.05. The molecule has 0 bridgehead atoms. The van der Waals surface area contributed by atoms with Gasteiger partial charge in [0.25, 0.3) is 5.91 Å². The molecule has 1 aromatic heterocycles. The van der Waals surface area contributed by atoms with Crippen LogP contribution in [0.1, 0.15) is 46.1 Å². The standard InChI is InChI=1S/C20H23NO5/c1-13(2)8-9-25-16-7-5-6-15(10-16)19(22)21(4)12-17-11-18(20(23)24)14(3)26-17/h5-8,10-11H,9,12H2,1-4H3,(H,23,24). The van der Waals surface area contributed by atoms with Crippen LogP contribution < -0.4 is 4.74 Å². The van der Waals surface area contributed by atoms with E-state index in [0.29, 0.717) is 29.4 Å². The molecule has 138 valence electrons. The van der Waals surface area contributed by atoms with E-state index in [9.17, 15) is 9.59 Å². The number of aryl methyl sites for hydroxylation is 1. The first-order chi connectivity index (χ1) is 12.3. The summed E-state index contributed by atoms with van der Waals surface area (Å²) in [6, 6.07) is 8.40. The van der Waals surface area contributed by atoms with Crippen molar-refractivity contribution in [3.8, 4) is 5.75 Å². The maximum absolute atomic E-state index is 12.6. The number of amides is 1. The van der Waals surface area contributed by atoms with Gasteiger partial charge < -0.3 is 19.2 Å². The van der Waals surface area contributed by atoms with Crippen LogP contribution in [-0.4, -0.2) is 35.5 Å². The number of carboxylic acid groups (broad SMARTS) is 1. The molecule has 0 atom stereocenters. The molecule has 0 saturated heterocycles. The van der Waals surface area contributed by atoms with E-state index >= 15 is 0 Å². The number of rotatable bonds is 7. The van der Waals surface area contributed by atoms with E-state index in [-0.39, 0.29) is 18.0 Å². The first-order valence-electron chi connectivity index (χ1n) is 8.22. The van der Waals surface area contributed by atoms with Gasteiger partial charge in [0.1, 0.15) is 29.4 Å². The zero-order valence-corrected chi connectivity index (χ0v) is 15.4. The Morgan fingerprint density at radius 2 is 2.00 bits per heavy atom. The minimum Gasteiger partial charge on any atom is -0.490 e.